The van der Waals surface area contributed by atoms with E-state index in [2.05, 4.69) is 15.4 Å². The van der Waals surface area contributed by atoms with E-state index >= 15 is 0 Å². The molecule has 2 amide bonds. The quantitative estimate of drug-likeness (QED) is 0.634. The van der Waals surface area contributed by atoms with Gasteiger partial charge in [0.1, 0.15) is 5.71 Å². The second-order valence-corrected chi connectivity index (χ2v) is 4.45. The number of β-amino-alcohol motifs (C(OH)–C–C–N with tert-alkyl or cyclic N) is 1. The third-order valence-corrected chi connectivity index (χ3v) is 3.23. The lowest BCUT2D eigenvalue weighted by molar-refractivity contribution is -0.126. The van der Waals surface area contributed by atoms with E-state index in [4.69, 9.17) is 5.11 Å². The van der Waals surface area contributed by atoms with Gasteiger partial charge in [0, 0.05) is 45.6 Å². The van der Waals surface area contributed by atoms with Crippen molar-refractivity contribution in [2.75, 3.05) is 39.3 Å². The van der Waals surface area contributed by atoms with Crippen LogP contribution in [0.2, 0.25) is 0 Å². The van der Waals surface area contributed by atoms with Crippen molar-refractivity contribution in [3.8, 4) is 0 Å². The molecule has 0 saturated carbocycles. The smallest absolute Gasteiger partial charge is 0.270 e. The number of amides is 2. The molecule has 100 valence electrons. The summed E-state index contributed by atoms with van der Waals surface area (Å²) in [5.74, 6) is -0.224. The maximum atomic E-state index is 12.1. The third kappa shape index (κ3) is 3.05. The molecule has 18 heavy (non-hydrogen) atoms. The molecule has 7 heteroatoms. The average Bonchev–Trinajstić information content (AvgIpc) is 2.40. The van der Waals surface area contributed by atoms with E-state index in [0.29, 0.717) is 38.2 Å². The van der Waals surface area contributed by atoms with Crippen LogP contribution in [0.5, 0.6) is 0 Å². The highest BCUT2D eigenvalue weighted by Gasteiger charge is 2.26. The number of aliphatic hydroxyl groups excluding tert-OH is 1. The second-order valence-electron chi connectivity index (χ2n) is 4.45. The van der Waals surface area contributed by atoms with E-state index in [1.165, 1.54) is 0 Å². The molecule has 0 aromatic heterocycles. The fraction of sp³-hybridized carbons (Fsp3) is 0.727. The summed E-state index contributed by atoms with van der Waals surface area (Å²) in [5, 5.41) is 12.7. The molecule has 1 saturated heterocycles. The molecule has 0 aromatic carbocycles. The number of piperazine rings is 1. The van der Waals surface area contributed by atoms with Crippen LogP contribution in [0.3, 0.4) is 0 Å². The fourth-order valence-corrected chi connectivity index (χ4v) is 2.13. The minimum atomic E-state index is -0.140. The van der Waals surface area contributed by atoms with Crippen molar-refractivity contribution in [3.05, 3.63) is 0 Å². The maximum Gasteiger partial charge on any atom is 0.270 e. The molecule has 2 N–H and O–H groups in total. The van der Waals surface area contributed by atoms with Gasteiger partial charge in [-0.2, -0.15) is 5.10 Å². The molecule has 0 bridgehead atoms. The van der Waals surface area contributed by atoms with Crippen LogP contribution in [-0.4, -0.2) is 71.8 Å². The Bertz CT molecular complexity index is 361. The zero-order valence-electron chi connectivity index (χ0n) is 10.3. The van der Waals surface area contributed by atoms with Gasteiger partial charge in [-0.3, -0.25) is 14.5 Å². The fourth-order valence-electron chi connectivity index (χ4n) is 2.13. The molecule has 2 aliphatic rings. The van der Waals surface area contributed by atoms with Gasteiger partial charge in [0.05, 0.1) is 6.61 Å². The topological polar surface area (TPSA) is 85.2 Å². The molecule has 2 aliphatic heterocycles. The molecular weight excluding hydrogens is 236 g/mol. The summed E-state index contributed by atoms with van der Waals surface area (Å²) in [4.78, 5) is 26.9. The summed E-state index contributed by atoms with van der Waals surface area (Å²) in [6.07, 6.45) is 0.747. The minimum absolute atomic E-state index is 0.0846. The zero-order valence-corrected chi connectivity index (χ0v) is 10.3. The lowest BCUT2D eigenvalue weighted by atomic mass is 10.1. The van der Waals surface area contributed by atoms with Gasteiger partial charge in [-0.25, -0.2) is 5.43 Å². The summed E-state index contributed by atoms with van der Waals surface area (Å²) in [6, 6.07) is 0. The Kier molecular flexibility index (Phi) is 4.27. The Morgan fingerprint density at radius 2 is 2.00 bits per heavy atom. The number of carbonyl (C=O) groups is 2. The zero-order chi connectivity index (χ0) is 13.0. The van der Waals surface area contributed by atoms with Crippen LogP contribution in [0.1, 0.15) is 12.8 Å². The van der Waals surface area contributed by atoms with Crippen molar-refractivity contribution in [3.63, 3.8) is 0 Å². The van der Waals surface area contributed by atoms with Crippen molar-refractivity contribution in [1.29, 1.82) is 0 Å². The highest BCUT2D eigenvalue weighted by Crippen LogP contribution is 2.07. The number of hydrogen-bond donors (Lipinski definition) is 2. The molecule has 1 fully saturated rings. The average molecular weight is 254 g/mol. The number of aliphatic hydroxyl groups is 1. The highest BCUT2D eigenvalue weighted by molar-refractivity contribution is 6.39. The molecule has 0 unspecified atom stereocenters. The van der Waals surface area contributed by atoms with Crippen LogP contribution < -0.4 is 5.43 Å². The van der Waals surface area contributed by atoms with E-state index < -0.39 is 0 Å². The Labute approximate surface area is 105 Å². The molecule has 0 spiro atoms. The van der Waals surface area contributed by atoms with Crippen molar-refractivity contribution in [2.24, 2.45) is 5.10 Å². The van der Waals surface area contributed by atoms with Gasteiger partial charge in [-0.05, 0) is 0 Å². The second kappa shape index (κ2) is 5.92. The Morgan fingerprint density at radius 3 is 2.56 bits per heavy atom. The van der Waals surface area contributed by atoms with Gasteiger partial charge < -0.3 is 10.0 Å². The number of hydrazone groups is 1. The SMILES string of the molecule is O=C1CCC(C(=O)N2CCN(CCO)CC2)=NN1. The monoisotopic (exact) mass is 254 g/mol. The van der Waals surface area contributed by atoms with Crippen molar-refractivity contribution in [2.45, 2.75) is 12.8 Å². The summed E-state index contributed by atoms with van der Waals surface area (Å²) in [5.41, 5.74) is 2.77. The Hall–Kier alpha value is -1.47. The number of nitrogens with one attached hydrogen (secondary N) is 1. The number of rotatable bonds is 3. The predicted octanol–water partition coefficient (Wildman–Crippen LogP) is -1.61. The first-order valence-corrected chi connectivity index (χ1v) is 6.18. The van der Waals surface area contributed by atoms with Gasteiger partial charge in [0.2, 0.25) is 5.91 Å². The van der Waals surface area contributed by atoms with Crippen LogP contribution in [-0.2, 0) is 9.59 Å². The maximum absolute atomic E-state index is 12.1. The van der Waals surface area contributed by atoms with Crippen LogP contribution in [0.25, 0.3) is 0 Å². The molecule has 2 rings (SSSR count). The molecular formula is C11H18N4O3. The number of carbonyl (C=O) groups excluding carboxylic acids is 2. The molecule has 7 nitrogen and oxygen atoms in total. The Morgan fingerprint density at radius 1 is 1.28 bits per heavy atom. The molecule has 0 aromatic rings. The molecule has 2 heterocycles. The minimum Gasteiger partial charge on any atom is -0.395 e. The Balaban J connectivity index is 1.86. The standard InChI is InChI=1S/C11H18N4O3/c16-8-7-14-3-5-15(6-4-14)11(18)9-1-2-10(17)13-12-9/h16H,1-8H2,(H,13,17). The molecule has 0 aliphatic carbocycles. The van der Waals surface area contributed by atoms with E-state index in [1.807, 2.05) is 0 Å². The highest BCUT2D eigenvalue weighted by atomic mass is 16.3. The van der Waals surface area contributed by atoms with Crippen molar-refractivity contribution in [1.82, 2.24) is 15.2 Å². The van der Waals surface area contributed by atoms with E-state index in [0.717, 1.165) is 13.1 Å². The van der Waals surface area contributed by atoms with E-state index in [1.54, 1.807) is 4.90 Å². The largest absolute Gasteiger partial charge is 0.395 e. The van der Waals surface area contributed by atoms with Crippen LogP contribution in [0, 0.1) is 0 Å². The lowest BCUT2D eigenvalue weighted by Gasteiger charge is -2.34. The van der Waals surface area contributed by atoms with Gasteiger partial charge >= 0.3 is 0 Å². The van der Waals surface area contributed by atoms with Crippen LogP contribution >= 0.6 is 0 Å². The lowest BCUT2D eigenvalue weighted by Crippen LogP contribution is -2.51. The summed E-state index contributed by atoms with van der Waals surface area (Å²) in [7, 11) is 0. The van der Waals surface area contributed by atoms with Crippen molar-refractivity contribution < 1.29 is 14.7 Å². The van der Waals surface area contributed by atoms with Crippen molar-refractivity contribution >= 4 is 17.5 Å². The normalized spacial score (nSPS) is 21.5. The summed E-state index contributed by atoms with van der Waals surface area (Å²) < 4.78 is 0. The van der Waals surface area contributed by atoms with E-state index in [-0.39, 0.29) is 18.4 Å². The van der Waals surface area contributed by atoms with Gasteiger partial charge in [0.15, 0.2) is 0 Å². The first-order valence-electron chi connectivity index (χ1n) is 6.18. The first kappa shape index (κ1) is 13.0. The number of hydrogen-bond acceptors (Lipinski definition) is 5. The first-order chi connectivity index (χ1) is 8.70. The van der Waals surface area contributed by atoms with Gasteiger partial charge in [-0.15, -0.1) is 0 Å². The van der Waals surface area contributed by atoms with Gasteiger partial charge in [-0.1, -0.05) is 0 Å². The predicted molar refractivity (Wildman–Crippen MR) is 64.9 cm³/mol. The van der Waals surface area contributed by atoms with Crippen LogP contribution in [0.15, 0.2) is 5.10 Å². The summed E-state index contributed by atoms with van der Waals surface area (Å²) >= 11 is 0. The van der Waals surface area contributed by atoms with Gasteiger partial charge in [0.25, 0.3) is 5.91 Å². The summed E-state index contributed by atoms with van der Waals surface area (Å²) in [6.45, 7) is 3.63. The van der Waals surface area contributed by atoms with E-state index in [9.17, 15) is 9.59 Å². The molecule has 0 radical (unpaired) electrons. The molecule has 0 atom stereocenters. The van der Waals surface area contributed by atoms with Crippen LogP contribution in [0.4, 0.5) is 0 Å². The third-order valence-electron chi connectivity index (χ3n) is 3.23. The number of nitrogens with zero attached hydrogens (tertiary/aromatic N) is 3.